The number of hydrogen-bond donors (Lipinski definition) is 1. The van der Waals surface area contributed by atoms with Crippen molar-refractivity contribution in [2.75, 3.05) is 25.1 Å². The minimum atomic E-state index is -0.224. The highest BCUT2D eigenvalue weighted by atomic mass is 16.5. The molecule has 1 aromatic carbocycles. The van der Waals surface area contributed by atoms with Crippen LogP contribution in [-0.4, -0.2) is 42.5 Å². The van der Waals surface area contributed by atoms with E-state index in [0.717, 1.165) is 23.6 Å². The zero-order valence-electron chi connectivity index (χ0n) is 15.3. The third-order valence-corrected chi connectivity index (χ3v) is 5.41. The van der Waals surface area contributed by atoms with Crippen molar-refractivity contribution in [3.05, 3.63) is 42.5 Å². The molecule has 1 saturated carbocycles. The monoisotopic (exact) mass is 356 g/mol. The number of rotatable bonds is 7. The first-order valence-electron chi connectivity index (χ1n) is 9.55. The summed E-state index contributed by atoms with van der Waals surface area (Å²) in [5, 5.41) is 2.72. The number of amides is 2. The Bertz CT molecular complexity index is 637. The van der Waals surface area contributed by atoms with Crippen molar-refractivity contribution < 1.29 is 14.3 Å². The molecular formula is C21H28N2O3. The number of ether oxygens (including phenoxy) is 1. The number of aryl methyl sites for hydroxylation is 1. The second kappa shape index (κ2) is 8.99. The van der Waals surface area contributed by atoms with Crippen LogP contribution in [0.5, 0.6) is 0 Å². The highest BCUT2D eigenvalue weighted by Gasteiger charge is 2.31. The van der Waals surface area contributed by atoms with Crippen molar-refractivity contribution in [3.63, 3.8) is 0 Å². The third-order valence-electron chi connectivity index (χ3n) is 5.41. The van der Waals surface area contributed by atoms with E-state index in [1.807, 2.05) is 29.2 Å². The topological polar surface area (TPSA) is 58.6 Å². The van der Waals surface area contributed by atoms with Crippen LogP contribution in [0.25, 0.3) is 0 Å². The van der Waals surface area contributed by atoms with E-state index < -0.39 is 0 Å². The molecule has 1 N–H and O–H groups in total. The normalized spacial score (nSPS) is 20.3. The maximum atomic E-state index is 12.7. The number of benzene rings is 1. The van der Waals surface area contributed by atoms with Crippen LogP contribution in [0.3, 0.4) is 0 Å². The summed E-state index contributed by atoms with van der Waals surface area (Å²) >= 11 is 0. The molecule has 0 spiro atoms. The van der Waals surface area contributed by atoms with Crippen LogP contribution in [-0.2, 0) is 20.7 Å². The average molecular weight is 356 g/mol. The molecule has 5 heteroatoms. The molecule has 1 aliphatic heterocycles. The molecule has 0 bridgehead atoms. The molecule has 5 nitrogen and oxygen atoms in total. The fraction of sp³-hybridized carbons (Fsp3) is 0.524. The van der Waals surface area contributed by atoms with Crippen LogP contribution in [0, 0.1) is 5.92 Å². The highest BCUT2D eigenvalue weighted by molar-refractivity contribution is 5.98. The largest absolute Gasteiger partial charge is 0.377 e. The highest BCUT2D eigenvalue weighted by Crippen LogP contribution is 2.32. The molecule has 1 unspecified atom stereocenters. The molecule has 2 aliphatic rings. The standard InChI is InChI=1S/C21H28N2O3/c1-2-20(24)22-18-9-6-16(7-10-18)8-11-21(25)23-12-13-26-15-19(23)14-17-4-3-5-17/h2,6-7,9-10,17,19H,1,3-5,8,11-15H2,(H,22,24). The molecule has 0 radical (unpaired) electrons. The SMILES string of the molecule is C=CC(=O)Nc1ccc(CCC(=O)N2CCOCC2CC2CCC2)cc1. The molecule has 1 aliphatic carbocycles. The molecule has 2 amide bonds. The van der Waals surface area contributed by atoms with Gasteiger partial charge in [0.25, 0.3) is 0 Å². The zero-order chi connectivity index (χ0) is 18.4. The van der Waals surface area contributed by atoms with Gasteiger partial charge in [-0.25, -0.2) is 0 Å². The summed E-state index contributed by atoms with van der Waals surface area (Å²) in [6, 6.07) is 7.87. The predicted molar refractivity (Wildman–Crippen MR) is 102 cm³/mol. The van der Waals surface area contributed by atoms with Gasteiger partial charge in [0.2, 0.25) is 11.8 Å². The van der Waals surface area contributed by atoms with E-state index in [9.17, 15) is 9.59 Å². The molecule has 140 valence electrons. The number of morpholine rings is 1. The number of hydrogen-bond acceptors (Lipinski definition) is 3. The minimum absolute atomic E-state index is 0.224. The fourth-order valence-electron chi connectivity index (χ4n) is 3.63. The summed E-state index contributed by atoms with van der Waals surface area (Å²) in [5.41, 5.74) is 1.83. The molecule has 3 rings (SSSR count). The van der Waals surface area contributed by atoms with E-state index in [2.05, 4.69) is 11.9 Å². The maximum absolute atomic E-state index is 12.7. The van der Waals surface area contributed by atoms with Gasteiger partial charge in [0.05, 0.1) is 19.3 Å². The van der Waals surface area contributed by atoms with Gasteiger partial charge in [0.15, 0.2) is 0 Å². The molecule has 1 aromatic rings. The van der Waals surface area contributed by atoms with Crippen molar-refractivity contribution >= 4 is 17.5 Å². The first-order chi connectivity index (χ1) is 12.7. The summed E-state index contributed by atoms with van der Waals surface area (Å²) < 4.78 is 5.61. The van der Waals surface area contributed by atoms with Gasteiger partial charge < -0.3 is 15.0 Å². The van der Waals surface area contributed by atoms with E-state index in [1.165, 1.54) is 25.3 Å². The van der Waals surface area contributed by atoms with Gasteiger partial charge in [-0.15, -0.1) is 0 Å². The number of carbonyl (C=O) groups is 2. The van der Waals surface area contributed by atoms with Crippen LogP contribution in [0.4, 0.5) is 5.69 Å². The van der Waals surface area contributed by atoms with Crippen molar-refractivity contribution in [3.8, 4) is 0 Å². The predicted octanol–water partition coefficient (Wildman–Crippen LogP) is 3.16. The van der Waals surface area contributed by atoms with Crippen molar-refractivity contribution in [2.24, 2.45) is 5.92 Å². The van der Waals surface area contributed by atoms with E-state index in [-0.39, 0.29) is 17.9 Å². The van der Waals surface area contributed by atoms with E-state index in [0.29, 0.717) is 32.6 Å². The van der Waals surface area contributed by atoms with Crippen LogP contribution in [0.2, 0.25) is 0 Å². The minimum Gasteiger partial charge on any atom is -0.377 e. The molecule has 1 saturated heterocycles. The van der Waals surface area contributed by atoms with Gasteiger partial charge >= 0.3 is 0 Å². The van der Waals surface area contributed by atoms with Gasteiger partial charge in [0.1, 0.15) is 0 Å². The zero-order valence-corrected chi connectivity index (χ0v) is 15.3. The molecule has 26 heavy (non-hydrogen) atoms. The lowest BCUT2D eigenvalue weighted by Crippen LogP contribution is -2.49. The van der Waals surface area contributed by atoms with Gasteiger partial charge in [-0.3, -0.25) is 9.59 Å². The lowest BCUT2D eigenvalue weighted by atomic mass is 9.80. The Morgan fingerprint density at radius 2 is 2.04 bits per heavy atom. The van der Waals surface area contributed by atoms with Gasteiger partial charge in [-0.2, -0.15) is 0 Å². The van der Waals surface area contributed by atoms with Crippen molar-refractivity contribution in [1.29, 1.82) is 0 Å². The second-order valence-electron chi connectivity index (χ2n) is 7.24. The number of anilines is 1. The van der Waals surface area contributed by atoms with Crippen LogP contribution >= 0.6 is 0 Å². The lowest BCUT2D eigenvalue weighted by Gasteiger charge is -2.39. The second-order valence-corrected chi connectivity index (χ2v) is 7.24. The Morgan fingerprint density at radius 1 is 1.27 bits per heavy atom. The van der Waals surface area contributed by atoms with Crippen molar-refractivity contribution in [1.82, 2.24) is 4.90 Å². The van der Waals surface area contributed by atoms with Crippen LogP contribution < -0.4 is 5.32 Å². The quantitative estimate of drug-likeness (QED) is 0.764. The first kappa shape index (κ1) is 18.6. The summed E-state index contributed by atoms with van der Waals surface area (Å²) in [5.74, 6) is 0.773. The van der Waals surface area contributed by atoms with E-state index >= 15 is 0 Å². The van der Waals surface area contributed by atoms with E-state index in [4.69, 9.17) is 4.74 Å². The molecule has 0 aromatic heterocycles. The Balaban J connectivity index is 1.50. The summed E-state index contributed by atoms with van der Waals surface area (Å²) in [7, 11) is 0. The Hall–Kier alpha value is -2.14. The fourth-order valence-corrected chi connectivity index (χ4v) is 3.63. The lowest BCUT2D eigenvalue weighted by molar-refractivity contribution is -0.140. The van der Waals surface area contributed by atoms with Crippen molar-refractivity contribution in [2.45, 2.75) is 44.6 Å². The van der Waals surface area contributed by atoms with Gasteiger partial charge in [-0.1, -0.05) is 38.0 Å². The maximum Gasteiger partial charge on any atom is 0.247 e. The Labute approximate surface area is 155 Å². The van der Waals surface area contributed by atoms with Crippen LogP contribution in [0.1, 0.15) is 37.7 Å². The molecular weight excluding hydrogens is 328 g/mol. The third kappa shape index (κ3) is 4.94. The Kier molecular flexibility index (Phi) is 6.45. The summed E-state index contributed by atoms with van der Waals surface area (Å²) in [6.07, 6.45) is 7.48. The molecule has 1 atom stereocenters. The molecule has 1 heterocycles. The van der Waals surface area contributed by atoms with Gasteiger partial charge in [-0.05, 0) is 42.5 Å². The number of nitrogens with one attached hydrogen (secondary N) is 1. The van der Waals surface area contributed by atoms with Gasteiger partial charge in [0, 0.05) is 18.7 Å². The first-order valence-corrected chi connectivity index (χ1v) is 9.55. The number of carbonyl (C=O) groups excluding carboxylic acids is 2. The number of nitrogens with zero attached hydrogens (tertiary/aromatic N) is 1. The Morgan fingerprint density at radius 3 is 2.69 bits per heavy atom. The molecule has 2 fully saturated rings. The summed E-state index contributed by atoms with van der Waals surface area (Å²) in [4.78, 5) is 26.1. The smallest absolute Gasteiger partial charge is 0.247 e. The average Bonchev–Trinajstić information content (AvgIpc) is 2.64. The van der Waals surface area contributed by atoms with Crippen LogP contribution in [0.15, 0.2) is 36.9 Å². The summed E-state index contributed by atoms with van der Waals surface area (Å²) in [6.45, 7) is 5.47. The van der Waals surface area contributed by atoms with E-state index in [1.54, 1.807) is 0 Å².